The summed E-state index contributed by atoms with van der Waals surface area (Å²) in [5.74, 6) is 0.419. The van der Waals surface area contributed by atoms with Crippen LogP contribution in [0.4, 0.5) is 0 Å². The maximum Gasteiger partial charge on any atom is 0.260 e. The minimum absolute atomic E-state index is 0.0776. The fourth-order valence-corrected chi connectivity index (χ4v) is 5.88. The molecule has 1 aliphatic heterocycles. The van der Waals surface area contributed by atoms with Crippen molar-refractivity contribution in [1.29, 1.82) is 0 Å². The summed E-state index contributed by atoms with van der Waals surface area (Å²) < 4.78 is 33.8. The van der Waals surface area contributed by atoms with Crippen molar-refractivity contribution in [3.63, 3.8) is 0 Å². The van der Waals surface area contributed by atoms with Gasteiger partial charge in [-0.05, 0) is 58.4 Å². The smallest absolute Gasteiger partial charge is 0.260 e. The van der Waals surface area contributed by atoms with Gasteiger partial charge in [-0.25, -0.2) is 13.1 Å². The molecule has 0 atom stereocenters. The SMILES string of the molecule is O=C(COc1ccc(Cl)cc1Br)N1CCC(NS(=O)(=O)c2cccs2)CC1. The van der Waals surface area contributed by atoms with Crippen LogP contribution in [-0.2, 0) is 14.8 Å². The second-order valence-electron chi connectivity index (χ2n) is 6.07. The Labute approximate surface area is 175 Å². The largest absolute Gasteiger partial charge is 0.483 e. The third kappa shape index (κ3) is 5.45. The maximum atomic E-state index is 12.4. The maximum absolute atomic E-state index is 12.4. The van der Waals surface area contributed by atoms with Crippen molar-refractivity contribution in [3.05, 3.63) is 45.2 Å². The molecule has 0 saturated carbocycles. The molecule has 0 radical (unpaired) electrons. The number of nitrogens with zero attached hydrogens (tertiary/aromatic N) is 1. The number of hydrogen-bond donors (Lipinski definition) is 1. The number of thiophene rings is 1. The fraction of sp³-hybridized carbons (Fsp3) is 0.353. The van der Waals surface area contributed by atoms with Gasteiger partial charge in [-0.1, -0.05) is 17.7 Å². The molecule has 0 bridgehead atoms. The van der Waals surface area contributed by atoms with Gasteiger partial charge in [0.2, 0.25) is 10.0 Å². The average Bonchev–Trinajstić information content (AvgIpc) is 3.17. The minimum Gasteiger partial charge on any atom is -0.483 e. The van der Waals surface area contributed by atoms with E-state index in [9.17, 15) is 13.2 Å². The first-order valence-corrected chi connectivity index (χ1v) is 11.8. The number of nitrogens with one attached hydrogen (secondary N) is 1. The Morgan fingerprint density at radius 3 is 2.70 bits per heavy atom. The number of amides is 1. The average molecular weight is 494 g/mol. The monoisotopic (exact) mass is 492 g/mol. The Morgan fingerprint density at radius 2 is 2.07 bits per heavy atom. The second kappa shape index (κ2) is 8.91. The number of benzene rings is 1. The Morgan fingerprint density at radius 1 is 1.33 bits per heavy atom. The molecule has 0 spiro atoms. The summed E-state index contributed by atoms with van der Waals surface area (Å²) in [6.07, 6.45) is 1.14. The molecule has 2 aromatic rings. The van der Waals surface area contributed by atoms with Gasteiger partial charge in [0, 0.05) is 24.2 Å². The summed E-state index contributed by atoms with van der Waals surface area (Å²) in [6.45, 7) is 0.898. The predicted octanol–water partition coefficient (Wildman–Crippen LogP) is 3.51. The first-order valence-electron chi connectivity index (χ1n) is 8.26. The van der Waals surface area contributed by atoms with Crippen LogP contribution in [0.15, 0.2) is 44.4 Å². The van der Waals surface area contributed by atoms with E-state index in [1.54, 1.807) is 40.6 Å². The number of carbonyl (C=O) groups excluding carboxylic acids is 1. The van der Waals surface area contributed by atoms with Gasteiger partial charge in [-0.15, -0.1) is 11.3 Å². The Kier molecular flexibility index (Phi) is 6.80. The highest BCUT2D eigenvalue weighted by molar-refractivity contribution is 9.10. The van der Waals surface area contributed by atoms with Gasteiger partial charge >= 0.3 is 0 Å². The lowest BCUT2D eigenvalue weighted by Crippen LogP contribution is -2.47. The number of halogens is 2. The molecule has 1 aromatic carbocycles. The van der Waals surface area contributed by atoms with Gasteiger partial charge in [-0.2, -0.15) is 0 Å². The van der Waals surface area contributed by atoms with Crippen molar-refractivity contribution in [2.75, 3.05) is 19.7 Å². The van der Waals surface area contributed by atoms with Gasteiger partial charge in [-0.3, -0.25) is 4.79 Å². The summed E-state index contributed by atoms with van der Waals surface area (Å²) in [7, 11) is -3.48. The van der Waals surface area contributed by atoms with Gasteiger partial charge in [0.1, 0.15) is 9.96 Å². The van der Waals surface area contributed by atoms with E-state index in [4.69, 9.17) is 16.3 Å². The lowest BCUT2D eigenvalue weighted by Gasteiger charge is -2.32. The van der Waals surface area contributed by atoms with Crippen LogP contribution in [0.25, 0.3) is 0 Å². The normalized spacial score (nSPS) is 15.7. The number of carbonyl (C=O) groups is 1. The Bertz CT molecular complexity index is 898. The van der Waals surface area contributed by atoms with Crippen molar-refractivity contribution in [2.24, 2.45) is 0 Å². The molecule has 0 aliphatic carbocycles. The number of sulfonamides is 1. The van der Waals surface area contributed by atoms with Crippen LogP contribution in [0, 0.1) is 0 Å². The summed E-state index contributed by atoms with van der Waals surface area (Å²) in [6, 6.07) is 8.21. The number of hydrogen-bond acceptors (Lipinski definition) is 5. The first kappa shape index (κ1) is 20.6. The third-order valence-corrected chi connectivity index (χ3v) is 7.95. The second-order valence-corrected chi connectivity index (χ2v) is 10.3. The molecule has 6 nitrogen and oxygen atoms in total. The number of likely N-dealkylation sites (tertiary alicyclic amines) is 1. The Balaban J connectivity index is 1.48. The molecule has 1 saturated heterocycles. The highest BCUT2D eigenvalue weighted by Crippen LogP contribution is 2.28. The minimum atomic E-state index is -3.48. The molecule has 1 amide bonds. The Hall–Kier alpha value is -1.13. The zero-order valence-electron chi connectivity index (χ0n) is 14.2. The van der Waals surface area contributed by atoms with Crippen LogP contribution in [0.2, 0.25) is 5.02 Å². The zero-order chi connectivity index (χ0) is 19.4. The summed E-state index contributed by atoms with van der Waals surface area (Å²) in [5.41, 5.74) is 0. The quantitative estimate of drug-likeness (QED) is 0.668. The molecule has 27 heavy (non-hydrogen) atoms. The van der Waals surface area contributed by atoms with E-state index in [1.165, 1.54) is 11.3 Å². The molecule has 1 N–H and O–H groups in total. The first-order chi connectivity index (χ1) is 12.8. The standard InChI is InChI=1S/C17H18BrClN2O4S2/c18-14-10-12(19)3-4-15(14)25-11-16(22)21-7-5-13(6-8-21)20-27(23,24)17-2-1-9-26-17/h1-4,9-10,13,20H,5-8,11H2. The van der Waals surface area contributed by atoms with Crippen molar-refractivity contribution in [3.8, 4) is 5.75 Å². The molecule has 1 aliphatic rings. The topological polar surface area (TPSA) is 75.7 Å². The number of piperidine rings is 1. The van der Waals surface area contributed by atoms with E-state index in [0.29, 0.717) is 45.4 Å². The zero-order valence-corrected chi connectivity index (χ0v) is 18.2. The number of rotatable bonds is 6. The molecule has 1 aromatic heterocycles. The highest BCUT2D eigenvalue weighted by atomic mass is 79.9. The number of ether oxygens (including phenoxy) is 1. The fourth-order valence-electron chi connectivity index (χ4n) is 2.76. The van der Waals surface area contributed by atoms with Crippen molar-refractivity contribution < 1.29 is 17.9 Å². The van der Waals surface area contributed by atoms with E-state index in [2.05, 4.69) is 20.7 Å². The molecule has 1 fully saturated rings. The summed E-state index contributed by atoms with van der Waals surface area (Å²) >= 11 is 10.4. The molecule has 3 rings (SSSR count). The summed E-state index contributed by atoms with van der Waals surface area (Å²) in [4.78, 5) is 14.0. The molecule has 146 valence electrons. The van der Waals surface area contributed by atoms with Crippen molar-refractivity contribution in [2.45, 2.75) is 23.1 Å². The van der Waals surface area contributed by atoms with Crippen LogP contribution in [0.1, 0.15) is 12.8 Å². The molecular weight excluding hydrogens is 476 g/mol. The van der Waals surface area contributed by atoms with Gasteiger partial charge < -0.3 is 9.64 Å². The molecular formula is C17H18BrClN2O4S2. The third-order valence-electron chi connectivity index (χ3n) is 4.17. The molecule has 10 heteroatoms. The van der Waals surface area contributed by atoms with Crippen LogP contribution >= 0.6 is 38.9 Å². The van der Waals surface area contributed by atoms with E-state index < -0.39 is 10.0 Å². The van der Waals surface area contributed by atoms with E-state index in [1.807, 2.05) is 0 Å². The summed E-state index contributed by atoms with van der Waals surface area (Å²) in [5, 5.41) is 2.31. The van der Waals surface area contributed by atoms with Gasteiger partial charge in [0.25, 0.3) is 5.91 Å². The lowest BCUT2D eigenvalue weighted by molar-refractivity contribution is -0.134. The highest BCUT2D eigenvalue weighted by Gasteiger charge is 2.27. The van der Waals surface area contributed by atoms with E-state index in [-0.39, 0.29) is 18.6 Å². The van der Waals surface area contributed by atoms with Gasteiger partial charge in [0.05, 0.1) is 4.47 Å². The van der Waals surface area contributed by atoms with Crippen LogP contribution in [-0.4, -0.2) is 45.0 Å². The van der Waals surface area contributed by atoms with Crippen molar-refractivity contribution in [1.82, 2.24) is 9.62 Å². The lowest BCUT2D eigenvalue weighted by atomic mass is 10.1. The predicted molar refractivity (Wildman–Crippen MR) is 109 cm³/mol. The van der Waals surface area contributed by atoms with E-state index >= 15 is 0 Å². The van der Waals surface area contributed by atoms with Crippen LogP contribution < -0.4 is 9.46 Å². The van der Waals surface area contributed by atoms with Gasteiger partial charge in [0.15, 0.2) is 6.61 Å². The van der Waals surface area contributed by atoms with E-state index in [0.717, 1.165) is 0 Å². The molecule has 2 heterocycles. The molecule has 0 unspecified atom stereocenters. The van der Waals surface area contributed by atoms with Crippen LogP contribution in [0.5, 0.6) is 5.75 Å². The van der Waals surface area contributed by atoms with Crippen LogP contribution in [0.3, 0.4) is 0 Å². The van der Waals surface area contributed by atoms with Crippen molar-refractivity contribution >= 4 is 54.8 Å².